The molecule has 26 heavy (non-hydrogen) atoms. The van der Waals surface area contributed by atoms with Gasteiger partial charge in [-0.2, -0.15) is 0 Å². The van der Waals surface area contributed by atoms with Gasteiger partial charge in [-0.3, -0.25) is 19.1 Å². The maximum atomic E-state index is 12.1. The standard InChI is InChI=1S/C20H29N3O3/c1-15(2)9-5-3-4-8-13-21-18(24)12-14-23-17-11-7-6-10-16(17)19(25)22-20(23)26/h6-7,10-11,15H,3-5,8-9,12-14H2,1-2H3,(H,21,24)(H,22,25,26). The summed E-state index contributed by atoms with van der Waals surface area (Å²) >= 11 is 0. The molecule has 2 N–H and O–H groups in total. The first-order valence-corrected chi connectivity index (χ1v) is 9.47. The number of nitrogens with zero attached hydrogens (tertiary/aromatic N) is 1. The minimum atomic E-state index is -0.480. The van der Waals surface area contributed by atoms with Gasteiger partial charge >= 0.3 is 5.69 Å². The number of hydrogen-bond donors (Lipinski definition) is 2. The van der Waals surface area contributed by atoms with Crippen LogP contribution in [0.2, 0.25) is 0 Å². The quantitative estimate of drug-likeness (QED) is 0.640. The molecule has 0 radical (unpaired) electrons. The highest BCUT2D eigenvalue weighted by molar-refractivity contribution is 5.78. The molecular weight excluding hydrogens is 330 g/mol. The van der Waals surface area contributed by atoms with E-state index in [1.807, 2.05) is 0 Å². The van der Waals surface area contributed by atoms with Gasteiger partial charge in [-0.1, -0.05) is 51.7 Å². The summed E-state index contributed by atoms with van der Waals surface area (Å²) in [6, 6.07) is 6.92. The van der Waals surface area contributed by atoms with Gasteiger partial charge in [0.2, 0.25) is 5.91 Å². The number of aromatic nitrogens is 2. The van der Waals surface area contributed by atoms with Crippen molar-refractivity contribution in [3.05, 3.63) is 45.1 Å². The summed E-state index contributed by atoms with van der Waals surface area (Å²) in [6.45, 7) is 5.38. The normalized spacial score (nSPS) is 11.2. The number of aryl methyl sites for hydroxylation is 1. The molecule has 6 nitrogen and oxygen atoms in total. The lowest BCUT2D eigenvalue weighted by Gasteiger charge is -2.10. The van der Waals surface area contributed by atoms with Gasteiger partial charge in [0.1, 0.15) is 0 Å². The summed E-state index contributed by atoms with van der Waals surface area (Å²) in [7, 11) is 0. The van der Waals surface area contributed by atoms with Crippen molar-refractivity contribution < 1.29 is 4.79 Å². The van der Waals surface area contributed by atoms with E-state index in [1.165, 1.54) is 23.8 Å². The Labute approximate surface area is 153 Å². The highest BCUT2D eigenvalue weighted by Gasteiger charge is 2.08. The number of rotatable bonds is 10. The van der Waals surface area contributed by atoms with Crippen molar-refractivity contribution in [3.63, 3.8) is 0 Å². The van der Waals surface area contributed by atoms with Crippen LogP contribution in [0.15, 0.2) is 33.9 Å². The number of carbonyl (C=O) groups excluding carboxylic acids is 1. The number of hydrogen-bond acceptors (Lipinski definition) is 3. The molecule has 6 heteroatoms. The lowest BCUT2D eigenvalue weighted by Crippen LogP contribution is -2.32. The van der Waals surface area contributed by atoms with E-state index in [9.17, 15) is 14.4 Å². The van der Waals surface area contributed by atoms with Crippen LogP contribution >= 0.6 is 0 Å². The Morgan fingerprint density at radius 3 is 2.62 bits per heavy atom. The Balaban J connectivity index is 1.79. The lowest BCUT2D eigenvalue weighted by molar-refractivity contribution is -0.121. The van der Waals surface area contributed by atoms with Crippen LogP contribution in [-0.4, -0.2) is 22.0 Å². The molecule has 0 aliphatic heterocycles. The van der Waals surface area contributed by atoms with E-state index >= 15 is 0 Å². The van der Waals surface area contributed by atoms with Crippen LogP contribution in [0.1, 0.15) is 52.4 Å². The molecule has 1 heterocycles. The van der Waals surface area contributed by atoms with E-state index in [2.05, 4.69) is 24.1 Å². The Kier molecular flexibility index (Phi) is 7.63. The summed E-state index contributed by atoms with van der Waals surface area (Å²) in [5.41, 5.74) is -0.324. The van der Waals surface area contributed by atoms with Crippen molar-refractivity contribution in [2.24, 2.45) is 5.92 Å². The van der Waals surface area contributed by atoms with Gasteiger partial charge in [-0.15, -0.1) is 0 Å². The summed E-state index contributed by atoms with van der Waals surface area (Å²) < 4.78 is 1.45. The SMILES string of the molecule is CC(C)CCCCCCNC(=O)CCn1c(=O)[nH]c(=O)c2ccccc21. The zero-order valence-electron chi connectivity index (χ0n) is 15.7. The first-order chi connectivity index (χ1) is 12.5. The minimum absolute atomic E-state index is 0.0747. The molecule has 0 saturated carbocycles. The molecule has 0 spiro atoms. The molecule has 0 unspecified atom stereocenters. The van der Waals surface area contributed by atoms with Gasteiger partial charge in [-0.25, -0.2) is 4.79 Å². The van der Waals surface area contributed by atoms with Crippen LogP contribution in [0.25, 0.3) is 10.9 Å². The first kappa shape index (κ1) is 19.9. The van der Waals surface area contributed by atoms with E-state index in [0.29, 0.717) is 17.4 Å². The summed E-state index contributed by atoms with van der Waals surface area (Å²) in [4.78, 5) is 38.2. The van der Waals surface area contributed by atoms with Crippen molar-refractivity contribution in [2.75, 3.05) is 6.54 Å². The van der Waals surface area contributed by atoms with Crippen LogP contribution in [0.4, 0.5) is 0 Å². The Hall–Kier alpha value is -2.37. The molecule has 1 amide bonds. The molecule has 0 aliphatic rings. The second-order valence-electron chi connectivity index (χ2n) is 7.12. The maximum absolute atomic E-state index is 12.1. The number of para-hydroxylation sites is 1. The number of nitrogens with one attached hydrogen (secondary N) is 2. The highest BCUT2D eigenvalue weighted by atomic mass is 16.2. The molecule has 1 aromatic heterocycles. The van der Waals surface area contributed by atoms with Gasteiger partial charge < -0.3 is 5.32 Å². The zero-order valence-corrected chi connectivity index (χ0v) is 15.7. The molecule has 0 bridgehead atoms. The third-order valence-electron chi connectivity index (χ3n) is 4.50. The van der Waals surface area contributed by atoms with E-state index in [-0.39, 0.29) is 18.9 Å². The molecule has 1 aromatic carbocycles. The second-order valence-corrected chi connectivity index (χ2v) is 7.12. The largest absolute Gasteiger partial charge is 0.356 e. The van der Waals surface area contributed by atoms with Crippen LogP contribution in [0.3, 0.4) is 0 Å². The summed E-state index contributed by atoms with van der Waals surface area (Å²) in [6.07, 6.45) is 6.01. The Morgan fingerprint density at radius 1 is 1.12 bits per heavy atom. The van der Waals surface area contributed by atoms with E-state index < -0.39 is 11.2 Å². The summed E-state index contributed by atoms with van der Waals surface area (Å²) in [5.74, 6) is 0.677. The molecule has 2 aromatic rings. The predicted molar refractivity (Wildman–Crippen MR) is 104 cm³/mol. The predicted octanol–water partition coefficient (Wildman–Crippen LogP) is 2.80. The van der Waals surface area contributed by atoms with Crippen molar-refractivity contribution in [1.82, 2.24) is 14.9 Å². The monoisotopic (exact) mass is 359 g/mol. The number of H-pyrrole nitrogens is 1. The fourth-order valence-electron chi connectivity index (χ4n) is 3.03. The number of benzene rings is 1. The fourth-order valence-corrected chi connectivity index (χ4v) is 3.03. The lowest BCUT2D eigenvalue weighted by atomic mass is 10.0. The van der Waals surface area contributed by atoms with Crippen molar-refractivity contribution in [2.45, 2.75) is 58.9 Å². The van der Waals surface area contributed by atoms with Gasteiger partial charge in [0.25, 0.3) is 5.56 Å². The highest BCUT2D eigenvalue weighted by Crippen LogP contribution is 2.09. The molecule has 0 atom stereocenters. The smallest absolute Gasteiger partial charge is 0.328 e. The van der Waals surface area contributed by atoms with E-state index in [1.54, 1.807) is 24.3 Å². The topological polar surface area (TPSA) is 84.0 Å². The van der Waals surface area contributed by atoms with Crippen molar-refractivity contribution >= 4 is 16.8 Å². The second kappa shape index (κ2) is 9.94. The molecule has 0 fully saturated rings. The number of unbranched alkanes of at least 4 members (excludes halogenated alkanes) is 3. The third kappa shape index (κ3) is 5.86. The van der Waals surface area contributed by atoms with E-state index in [0.717, 1.165) is 18.8 Å². The zero-order chi connectivity index (χ0) is 18.9. The number of amides is 1. The number of carbonyl (C=O) groups is 1. The third-order valence-corrected chi connectivity index (χ3v) is 4.50. The molecule has 142 valence electrons. The fraction of sp³-hybridized carbons (Fsp3) is 0.550. The number of fused-ring (bicyclic) bond motifs is 1. The van der Waals surface area contributed by atoms with Crippen LogP contribution in [0, 0.1) is 5.92 Å². The van der Waals surface area contributed by atoms with Crippen LogP contribution < -0.4 is 16.6 Å². The molecule has 2 rings (SSSR count). The van der Waals surface area contributed by atoms with Crippen LogP contribution in [0.5, 0.6) is 0 Å². The number of aromatic amines is 1. The Bertz CT molecular complexity index is 836. The van der Waals surface area contributed by atoms with Gasteiger partial charge in [0.05, 0.1) is 10.9 Å². The van der Waals surface area contributed by atoms with Gasteiger partial charge in [-0.05, 0) is 24.5 Å². The average molecular weight is 359 g/mol. The molecule has 0 aliphatic carbocycles. The Morgan fingerprint density at radius 2 is 1.85 bits per heavy atom. The van der Waals surface area contributed by atoms with Crippen molar-refractivity contribution in [3.8, 4) is 0 Å². The van der Waals surface area contributed by atoms with Gasteiger partial charge in [0, 0.05) is 19.5 Å². The maximum Gasteiger partial charge on any atom is 0.328 e. The van der Waals surface area contributed by atoms with Crippen molar-refractivity contribution in [1.29, 1.82) is 0 Å². The van der Waals surface area contributed by atoms with E-state index in [4.69, 9.17) is 0 Å². The first-order valence-electron chi connectivity index (χ1n) is 9.47. The average Bonchev–Trinajstić information content (AvgIpc) is 2.60. The minimum Gasteiger partial charge on any atom is -0.356 e. The van der Waals surface area contributed by atoms with Crippen LogP contribution in [-0.2, 0) is 11.3 Å². The molecule has 0 saturated heterocycles. The van der Waals surface area contributed by atoms with Gasteiger partial charge in [0.15, 0.2) is 0 Å². The molecular formula is C20H29N3O3. The summed E-state index contributed by atoms with van der Waals surface area (Å²) in [5, 5.41) is 3.36.